The summed E-state index contributed by atoms with van der Waals surface area (Å²) in [6.07, 6.45) is 0. The van der Waals surface area contributed by atoms with Crippen LogP contribution in [0.4, 0.5) is 5.69 Å². The topological polar surface area (TPSA) is 21.3 Å². The van der Waals surface area contributed by atoms with Crippen LogP contribution in [-0.4, -0.2) is 6.61 Å². The van der Waals surface area contributed by atoms with Gasteiger partial charge in [0.2, 0.25) is 0 Å². The maximum atomic E-state index is 5.81. The second-order valence-electron chi connectivity index (χ2n) is 5.43. The van der Waals surface area contributed by atoms with Crippen LogP contribution in [0.25, 0.3) is 0 Å². The van der Waals surface area contributed by atoms with E-state index in [2.05, 4.69) is 65.4 Å². The Morgan fingerprint density at radius 2 is 2.00 bits per heavy atom. The average Bonchev–Trinajstić information content (AvgIpc) is 2.46. The third kappa shape index (κ3) is 2.55. The zero-order valence-corrected chi connectivity index (χ0v) is 13.3. The number of nitrogens with one attached hydrogen (secondary N) is 1. The van der Waals surface area contributed by atoms with Crippen LogP contribution in [-0.2, 0) is 0 Å². The minimum absolute atomic E-state index is 0.276. The van der Waals surface area contributed by atoms with Crippen molar-refractivity contribution in [3.63, 3.8) is 0 Å². The van der Waals surface area contributed by atoms with Gasteiger partial charge in [-0.2, -0.15) is 0 Å². The number of ether oxygens (including phenoxy) is 1. The molecule has 1 N–H and O–H groups in total. The lowest BCUT2D eigenvalue weighted by Gasteiger charge is -2.33. The molecule has 0 aromatic heterocycles. The van der Waals surface area contributed by atoms with E-state index in [1.54, 1.807) is 0 Å². The predicted octanol–water partition coefficient (Wildman–Crippen LogP) is 4.94. The molecule has 2 aromatic carbocycles. The molecule has 1 heterocycles. The zero-order chi connectivity index (χ0) is 14.1. The minimum atomic E-state index is 0.276. The first kappa shape index (κ1) is 13.5. The van der Waals surface area contributed by atoms with Gasteiger partial charge < -0.3 is 10.1 Å². The molecule has 0 spiro atoms. The molecule has 2 atom stereocenters. The smallest absolute Gasteiger partial charge is 0.124 e. The number of rotatable bonds is 2. The summed E-state index contributed by atoms with van der Waals surface area (Å²) in [7, 11) is 0. The van der Waals surface area contributed by atoms with E-state index in [1.165, 1.54) is 11.1 Å². The van der Waals surface area contributed by atoms with Gasteiger partial charge in [0.25, 0.3) is 0 Å². The molecule has 3 rings (SSSR count). The number of hydrogen-bond donors (Lipinski definition) is 1. The van der Waals surface area contributed by atoms with E-state index in [1.807, 2.05) is 12.1 Å². The van der Waals surface area contributed by atoms with Crippen LogP contribution >= 0.6 is 15.9 Å². The molecule has 0 saturated heterocycles. The van der Waals surface area contributed by atoms with Crippen LogP contribution in [0.5, 0.6) is 5.75 Å². The van der Waals surface area contributed by atoms with Crippen molar-refractivity contribution in [3.05, 3.63) is 58.1 Å². The SMILES string of the molecule is Cc1ccc(Br)c(NC2c3ccccc3OCC2C)c1. The molecule has 3 heteroatoms. The lowest BCUT2D eigenvalue weighted by atomic mass is 9.92. The number of halogens is 1. The van der Waals surface area contributed by atoms with Gasteiger partial charge in [-0.15, -0.1) is 0 Å². The molecular formula is C17H18BrNO. The van der Waals surface area contributed by atoms with Gasteiger partial charge in [0.15, 0.2) is 0 Å². The molecule has 2 nitrogen and oxygen atoms in total. The first-order valence-corrected chi connectivity index (χ1v) is 7.69. The summed E-state index contributed by atoms with van der Waals surface area (Å²) in [5.41, 5.74) is 3.63. The second-order valence-corrected chi connectivity index (χ2v) is 6.29. The molecule has 0 fully saturated rings. The normalized spacial score (nSPS) is 20.9. The molecule has 2 unspecified atom stereocenters. The van der Waals surface area contributed by atoms with Crippen molar-refractivity contribution >= 4 is 21.6 Å². The van der Waals surface area contributed by atoms with Gasteiger partial charge in [-0.3, -0.25) is 0 Å². The summed E-state index contributed by atoms with van der Waals surface area (Å²) in [5, 5.41) is 3.67. The van der Waals surface area contributed by atoms with E-state index in [0.717, 1.165) is 22.5 Å². The van der Waals surface area contributed by atoms with Crippen LogP contribution in [0.15, 0.2) is 46.9 Å². The highest BCUT2D eigenvalue weighted by Crippen LogP contribution is 2.38. The number of benzene rings is 2. The Morgan fingerprint density at radius 3 is 2.85 bits per heavy atom. The highest BCUT2D eigenvalue weighted by molar-refractivity contribution is 9.10. The van der Waals surface area contributed by atoms with Crippen LogP contribution in [0, 0.1) is 12.8 Å². The fraction of sp³-hybridized carbons (Fsp3) is 0.294. The van der Waals surface area contributed by atoms with Gasteiger partial charge in [-0.1, -0.05) is 31.2 Å². The quantitative estimate of drug-likeness (QED) is 0.841. The molecule has 0 bridgehead atoms. The van der Waals surface area contributed by atoms with Crippen LogP contribution in [0.3, 0.4) is 0 Å². The predicted molar refractivity (Wildman–Crippen MR) is 86.3 cm³/mol. The molecule has 0 saturated carbocycles. The number of aryl methyl sites for hydroxylation is 1. The molecule has 0 amide bonds. The van der Waals surface area contributed by atoms with Gasteiger partial charge >= 0.3 is 0 Å². The van der Waals surface area contributed by atoms with Gasteiger partial charge in [-0.05, 0) is 46.6 Å². The van der Waals surface area contributed by atoms with E-state index < -0.39 is 0 Å². The molecule has 0 radical (unpaired) electrons. The summed E-state index contributed by atoms with van der Waals surface area (Å²) >= 11 is 3.62. The fourth-order valence-corrected chi connectivity index (χ4v) is 2.99. The zero-order valence-electron chi connectivity index (χ0n) is 11.7. The molecule has 1 aliphatic rings. The average molecular weight is 332 g/mol. The number of anilines is 1. The molecular weight excluding hydrogens is 314 g/mol. The second kappa shape index (κ2) is 5.49. The fourth-order valence-electron chi connectivity index (χ4n) is 2.63. The monoisotopic (exact) mass is 331 g/mol. The highest BCUT2D eigenvalue weighted by Gasteiger charge is 2.27. The van der Waals surface area contributed by atoms with Crippen molar-refractivity contribution in [2.45, 2.75) is 19.9 Å². The van der Waals surface area contributed by atoms with Crippen LogP contribution in [0.2, 0.25) is 0 Å². The Labute approximate surface area is 128 Å². The third-order valence-corrected chi connectivity index (χ3v) is 4.45. The molecule has 20 heavy (non-hydrogen) atoms. The number of fused-ring (bicyclic) bond motifs is 1. The summed E-state index contributed by atoms with van der Waals surface area (Å²) in [6.45, 7) is 5.08. The van der Waals surface area contributed by atoms with E-state index in [0.29, 0.717) is 5.92 Å². The van der Waals surface area contributed by atoms with Crippen molar-refractivity contribution in [1.29, 1.82) is 0 Å². The van der Waals surface area contributed by atoms with Crippen molar-refractivity contribution in [1.82, 2.24) is 0 Å². The Morgan fingerprint density at radius 1 is 1.20 bits per heavy atom. The van der Waals surface area contributed by atoms with Gasteiger partial charge in [0, 0.05) is 21.6 Å². The molecule has 2 aromatic rings. The van der Waals surface area contributed by atoms with Gasteiger partial charge in [-0.25, -0.2) is 0 Å². The maximum Gasteiger partial charge on any atom is 0.124 e. The number of hydrogen-bond acceptors (Lipinski definition) is 2. The highest BCUT2D eigenvalue weighted by atomic mass is 79.9. The summed E-state index contributed by atoms with van der Waals surface area (Å²) in [6, 6.07) is 14.9. The Hall–Kier alpha value is -1.48. The Bertz CT molecular complexity index is 626. The van der Waals surface area contributed by atoms with Gasteiger partial charge in [0.1, 0.15) is 5.75 Å². The standard InChI is InChI=1S/C17H18BrNO/c1-11-7-8-14(18)15(9-11)19-17-12(2)10-20-16-6-4-3-5-13(16)17/h3-9,12,17,19H,10H2,1-2H3. The maximum absolute atomic E-state index is 5.81. The van der Waals surface area contributed by atoms with Gasteiger partial charge in [0.05, 0.1) is 12.6 Å². The summed E-state index contributed by atoms with van der Waals surface area (Å²) < 4.78 is 6.90. The Kier molecular flexibility index (Phi) is 3.70. The third-order valence-electron chi connectivity index (χ3n) is 3.76. The van der Waals surface area contributed by atoms with Crippen molar-refractivity contribution < 1.29 is 4.74 Å². The summed E-state index contributed by atoms with van der Waals surface area (Å²) in [4.78, 5) is 0. The lowest BCUT2D eigenvalue weighted by Crippen LogP contribution is -2.28. The van der Waals surface area contributed by atoms with Crippen LogP contribution in [0.1, 0.15) is 24.1 Å². The van der Waals surface area contributed by atoms with E-state index in [4.69, 9.17) is 4.74 Å². The van der Waals surface area contributed by atoms with E-state index >= 15 is 0 Å². The Balaban J connectivity index is 1.95. The number of para-hydroxylation sites is 1. The van der Waals surface area contributed by atoms with Crippen LogP contribution < -0.4 is 10.1 Å². The molecule has 1 aliphatic heterocycles. The first-order valence-electron chi connectivity index (χ1n) is 6.89. The van der Waals surface area contributed by atoms with Crippen molar-refractivity contribution in [2.24, 2.45) is 5.92 Å². The first-order chi connectivity index (χ1) is 9.65. The van der Waals surface area contributed by atoms with Crippen molar-refractivity contribution in [2.75, 3.05) is 11.9 Å². The lowest BCUT2D eigenvalue weighted by molar-refractivity contribution is 0.214. The summed E-state index contributed by atoms with van der Waals surface area (Å²) in [5.74, 6) is 1.42. The molecule has 104 valence electrons. The van der Waals surface area contributed by atoms with E-state index in [-0.39, 0.29) is 6.04 Å². The minimum Gasteiger partial charge on any atom is -0.493 e. The van der Waals surface area contributed by atoms with Crippen molar-refractivity contribution in [3.8, 4) is 5.75 Å². The molecule has 0 aliphatic carbocycles. The largest absolute Gasteiger partial charge is 0.493 e. The van der Waals surface area contributed by atoms with E-state index in [9.17, 15) is 0 Å².